The summed E-state index contributed by atoms with van der Waals surface area (Å²) in [5, 5.41) is 1.85. The maximum Gasteiger partial charge on any atom is 0.266 e. The fourth-order valence-corrected chi connectivity index (χ4v) is 5.01. The van der Waals surface area contributed by atoms with Crippen molar-refractivity contribution >= 4 is 62.8 Å². The summed E-state index contributed by atoms with van der Waals surface area (Å²) in [5.41, 5.74) is 4.28. The zero-order valence-electron chi connectivity index (χ0n) is 15.9. The number of hydrogen-bond donors (Lipinski definition) is 0. The van der Waals surface area contributed by atoms with E-state index in [9.17, 15) is 4.79 Å². The highest BCUT2D eigenvalue weighted by molar-refractivity contribution is 8.26. The van der Waals surface area contributed by atoms with E-state index in [4.69, 9.17) is 23.8 Å². The van der Waals surface area contributed by atoms with Gasteiger partial charge in [-0.2, -0.15) is 0 Å². The summed E-state index contributed by atoms with van der Waals surface area (Å²) in [6.07, 6.45) is 3.65. The number of thiocarbonyl (C=S) groups is 1. The minimum atomic E-state index is -0.0674. The monoisotopic (exact) mass is 438 g/mol. The molecule has 0 unspecified atom stereocenters. The number of benzene rings is 2. The van der Waals surface area contributed by atoms with Crippen molar-refractivity contribution < 1.29 is 4.79 Å². The van der Waals surface area contributed by atoms with E-state index in [1.54, 1.807) is 11.0 Å². The van der Waals surface area contributed by atoms with E-state index in [-0.39, 0.29) is 5.91 Å². The minimum absolute atomic E-state index is 0.0674. The van der Waals surface area contributed by atoms with Crippen molar-refractivity contribution in [2.45, 2.75) is 13.5 Å². The molecule has 1 saturated heterocycles. The lowest BCUT2D eigenvalue weighted by atomic mass is 10.1. The van der Waals surface area contributed by atoms with E-state index >= 15 is 0 Å². The molecule has 1 amide bonds. The maximum absolute atomic E-state index is 12.8. The quantitative estimate of drug-likeness (QED) is 0.276. The van der Waals surface area contributed by atoms with Gasteiger partial charge in [0.1, 0.15) is 4.32 Å². The molecule has 0 bridgehead atoms. The molecule has 0 aliphatic carbocycles. The van der Waals surface area contributed by atoms with Crippen LogP contribution >= 0.6 is 35.6 Å². The summed E-state index contributed by atoms with van der Waals surface area (Å²) in [6.45, 7) is 6.88. The molecule has 0 spiro atoms. The number of aromatic nitrogens is 1. The molecule has 1 aromatic heterocycles. The molecule has 0 N–H and O–H groups in total. The fourth-order valence-electron chi connectivity index (χ4n) is 3.56. The Balaban J connectivity index is 1.81. The summed E-state index contributed by atoms with van der Waals surface area (Å²) >= 11 is 13.1. The Hall–Kier alpha value is -2.34. The fraction of sp³-hybridized carbons (Fsp3) is 0.130. The summed E-state index contributed by atoms with van der Waals surface area (Å²) in [6, 6.07) is 16.1. The van der Waals surface area contributed by atoms with Crippen LogP contribution in [0.25, 0.3) is 17.0 Å². The lowest BCUT2D eigenvalue weighted by molar-refractivity contribution is -0.121. The van der Waals surface area contributed by atoms with Gasteiger partial charge in [-0.3, -0.25) is 9.69 Å². The van der Waals surface area contributed by atoms with Crippen LogP contribution in [0.1, 0.15) is 16.8 Å². The molecular weight excluding hydrogens is 420 g/mol. The first-order chi connectivity index (χ1) is 14.0. The van der Waals surface area contributed by atoms with Crippen LogP contribution in [-0.4, -0.2) is 26.2 Å². The van der Waals surface area contributed by atoms with E-state index in [2.05, 4.69) is 30.2 Å². The molecule has 0 radical (unpaired) electrons. The molecular formula is C23H19ClN2OS2. The number of halogens is 1. The molecule has 2 heterocycles. The van der Waals surface area contributed by atoms with Gasteiger partial charge < -0.3 is 4.57 Å². The average molecular weight is 439 g/mol. The molecule has 3 nitrogen and oxygen atoms in total. The van der Waals surface area contributed by atoms with Gasteiger partial charge in [0.15, 0.2) is 0 Å². The van der Waals surface area contributed by atoms with Crippen LogP contribution in [-0.2, 0) is 11.3 Å². The maximum atomic E-state index is 12.8. The van der Waals surface area contributed by atoms with Crippen LogP contribution in [0.3, 0.4) is 0 Å². The van der Waals surface area contributed by atoms with Crippen molar-refractivity contribution in [1.29, 1.82) is 0 Å². The molecule has 146 valence electrons. The van der Waals surface area contributed by atoms with Crippen LogP contribution in [0.15, 0.2) is 66.1 Å². The second-order valence-electron chi connectivity index (χ2n) is 6.77. The predicted octanol–water partition coefficient (Wildman–Crippen LogP) is 6.04. The van der Waals surface area contributed by atoms with E-state index in [1.807, 2.05) is 42.5 Å². The number of rotatable bonds is 5. The van der Waals surface area contributed by atoms with Crippen LogP contribution < -0.4 is 0 Å². The topological polar surface area (TPSA) is 25.2 Å². The smallest absolute Gasteiger partial charge is 0.266 e. The van der Waals surface area contributed by atoms with E-state index in [0.29, 0.717) is 22.3 Å². The molecule has 0 saturated carbocycles. The number of fused-ring (bicyclic) bond motifs is 1. The minimum Gasteiger partial charge on any atom is -0.340 e. The molecule has 4 rings (SSSR count). The van der Waals surface area contributed by atoms with Crippen LogP contribution in [0.2, 0.25) is 5.02 Å². The molecule has 0 atom stereocenters. The normalized spacial score (nSPS) is 15.7. The Morgan fingerprint density at radius 3 is 2.66 bits per heavy atom. The van der Waals surface area contributed by atoms with Crippen molar-refractivity contribution in [3.8, 4) is 0 Å². The molecule has 29 heavy (non-hydrogen) atoms. The second kappa shape index (κ2) is 8.19. The van der Waals surface area contributed by atoms with Gasteiger partial charge in [-0.15, -0.1) is 6.58 Å². The average Bonchev–Trinajstić information content (AvgIpc) is 3.13. The van der Waals surface area contributed by atoms with Crippen LogP contribution in [0.4, 0.5) is 0 Å². The highest BCUT2D eigenvalue weighted by atomic mass is 35.5. The first-order valence-electron chi connectivity index (χ1n) is 9.18. The van der Waals surface area contributed by atoms with Gasteiger partial charge in [0.25, 0.3) is 5.91 Å². The lowest BCUT2D eigenvalue weighted by Crippen LogP contribution is -2.27. The van der Waals surface area contributed by atoms with E-state index in [1.165, 1.54) is 11.8 Å². The molecule has 1 aliphatic rings. The van der Waals surface area contributed by atoms with Crippen LogP contribution in [0.5, 0.6) is 0 Å². The van der Waals surface area contributed by atoms with E-state index in [0.717, 1.165) is 32.7 Å². The molecule has 2 aromatic carbocycles. The number of carbonyl (C=O) groups is 1. The standard InChI is InChI=1S/C23H19ClN2OS2/c1-3-12-25-22(27)21(29-23(25)28)13-18-15(2)26(20-11-7-5-9-17(18)20)14-16-8-4-6-10-19(16)24/h3-11,13H,1,12,14H2,2H3/b21-13+. The zero-order valence-corrected chi connectivity index (χ0v) is 18.3. The molecule has 3 aromatic rings. The number of para-hydroxylation sites is 1. The number of amides is 1. The third-order valence-corrected chi connectivity index (χ3v) is 6.77. The highest BCUT2D eigenvalue weighted by Gasteiger charge is 2.31. The lowest BCUT2D eigenvalue weighted by Gasteiger charge is -2.10. The predicted molar refractivity (Wildman–Crippen MR) is 127 cm³/mol. The van der Waals surface area contributed by atoms with Crippen molar-refractivity contribution in [2.24, 2.45) is 0 Å². The van der Waals surface area contributed by atoms with Gasteiger partial charge in [-0.05, 0) is 30.7 Å². The van der Waals surface area contributed by atoms with Gasteiger partial charge in [0.05, 0.1) is 4.91 Å². The van der Waals surface area contributed by atoms with Gasteiger partial charge in [0.2, 0.25) is 0 Å². The summed E-state index contributed by atoms with van der Waals surface area (Å²) in [4.78, 5) is 15.0. The summed E-state index contributed by atoms with van der Waals surface area (Å²) in [5.74, 6) is -0.0674. The van der Waals surface area contributed by atoms with Gasteiger partial charge in [-0.25, -0.2) is 0 Å². The molecule has 6 heteroatoms. The second-order valence-corrected chi connectivity index (χ2v) is 8.86. The number of nitrogens with zero attached hydrogens (tertiary/aromatic N) is 2. The Labute approximate surface area is 184 Å². The van der Waals surface area contributed by atoms with Crippen molar-refractivity contribution in [3.05, 3.63) is 87.9 Å². The number of hydrogen-bond acceptors (Lipinski definition) is 3. The Kier molecular flexibility index (Phi) is 5.63. The number of thioether (sulfide) groups is 1. The summed E-state index contributed by atoms with van der Waals surface area (Å²) < 4.78 is 2.81. The Morgan fingerprint density at radius 2 is 1.90 bits per heavy atom. The molecule has 1 aliphatic heterocycles. The Bertz CT molecular complexity index is 1180. The SMILES string of the molecule is C=CCN1C(=O)/C(=C\c2c(C)n(Cc3ccccc3Cl)c3ccccc23)SC1=S. The first-order valence-corrected chi connectivity index (χ1v) is 10.8. The van der Waals surface area contributed by atoms with Crippen molar-refractivity contribution in [1.82, 2.24) is 9.47 Å². The number of carbonyl (C=O) groups excluding carboxylic acids is 1. The zero-order chi connectivity index (χ0) is 20.5. The van der Waals surface area contributed by atoms with E-state index < -0.39 is 0 Å². The highest BCUT2D eigenvalue weighted by Crippen LogP contribution is 2.36. The van der Waals surface area contributed by atoms with Crippen molar-refractivity contribution in [3.63, 3.8) is 0 Å². The van der Waals surface area contributed by atoms with Crippen LogP contribution in [0, 0.1) is 6.92 Å². The Morgan fingerprint density at radius 1 is 1.17 bits per heavy atom. The van der Waals surface area contributed by atoms with Gasteiger partial charge >= 0.3 is 0 Å². The molecule has 1 fully saturated rings. The summed E-state index contributed by atoms with van der Waals surface area (Å²) in [7, 11) is 0. The largest absolute Gasteiger partial charge is 0.340 e. The van der Waals surface area contributed by atoms with Crippen molar-refractivity contribution in [2.75, 3.05) is 6.54 Å². The first kappa shape index (κ1) is 20.0. The van der Waals surface area contributed by atoms with Gasteiger partial charge in [0, 0.05) is 40.3 Å². The third kappa shape index (κ3) is 3.66. The third-order valence-electron chi connectivity index (χ3n) is 5.03. The van der Waals surface area contributed by atoms with Gasteiger partial charge in [-0.1, -0.05) is 78.1 Å².